The number of aromatic carboxylic acids is 1. The average Bonchev–Trinajstić information content (AvgIpc) is 2.72. The van der Waals surface area contributed by atoms with Crippen LogP contribution in [0.5, 0.6) is 0 Å². The van der Waals surface area contributed by atoms with Crippen molar-refractivity contribution in [2.24, 2.45) is 0 Å². The fourth-order valence-electron chi connectivity index (χ4n) is 2.85. The molecule has 0 aromatic heterocycles. The summed E-state index contributed by atoms with van der Waals surface area (Å²) in [5, 5.41) is 23.5. The smallest absolute Gasteiger partial charge is 0.335 e. The zero-order chi connectivity index (χ0) is 22.1. The van der Waals surface area contributed by atoms with E-state index in [0.717, 1.165) is 5.56 Å². The fraction of sp³-hybridized carbons (Fsp3) is 0.273. The minimum atomic E-state index is -1.21. The van der Waals surface area contributed by atoms with Crippen molar-refractivity contribution in [3.63, 3.8) is 0 Å². The van der Waals surface area contributed by atoms with Crippen molar-refractivity contribution in [1.82, 2.24) is 10.6 Å². The van der Waals surface area contributed by atoms with E-state index in [9.17, 15) is 24.3 Å². The molecule has 2 aromatic rings. The Labute approximate surface area is 173 Å². The molecule has 8 heteroatoms. The van der Waals surface area contributed by atoms with Crippen molar-refractivity contribution in [3.8, 4) is 0 Å². The highest BCUT2D eigenvalue weighted by Crippen LogP contribution is 2.11. The molecule has 0 aliphatic rings. The Morgan fingerprint density at radius 2 is 1.40 bits per heavy atom. The minimum absolute atomic E-state index is 0.00178. The summed E-state index contributed by atoms with van der Waals surface area (Å²) >= 11 is 0. The van der Waals surface area contributed by atoms with Crippen molar-refractivity contribution in [3.05, 3.63) is 71.3 Å². The molecule has 2 amide bonds. The summed E-state index contributed by atoms with van der Waals surface area (Å²) in [5.74, 6) is -3.15. The number of hydrogen-bond acceptors (Lipinski definition) is 4. The summed E-state index contributed by atoms with van der Waals surface area (Å²) in [4.78, 5) is 46.5. The molecule has 0 aliphatic heterocycles. The lowest BCUT2D eigenvalue weighted by Crippen LogP contribution is -2.42. The lowest BCUT2D eigenvalue weighted by Gasteiger charge is -2.16. The average molecular weight is 412 g/mol. The van der Waals surface area contributed by atoms with Gasteiger partial charge < -0.3 is 20.8 Å². The van der Waals surface area contributed by atoms with Crippen LogP contribution < -0.4 is 10.6 Å². The van der Waals surface area contributed by atoms with E-state index in [0.29, 0.717) is 5.56 Å². The Hall–Kier alpha value is -3.68. The predicted molar refractivity (Wildman–Crippen MR) is 109 cm³/mol. The number of carbonyl (C=O) groups is 4. The number of benzene rings is 2. The second-order valence-corrected chi connectivity index (χ2v) is 6.86. The van der Waals surface area contributed by atoms with Gasteiger partial charge in [-0.05, 0) is 30.2 Å². The molecule has 0 aliphatic carbocycles. The summed E-state index contributed by atoms with van der Waals surface area (Å²) in [6.07, 6.45) is -0.212. The Bertz CT molecular complexity index is 896. The molecule has 0 saturated heterocycles. The zero-order valence-electron chi connectivity index (χ0n) is 16.5. The number of carbonyl (C=O) groups excluding carboxylic acids is 2. The lowest BCUT2D eigenvalue weighted by molar-refractivity contribution is -0.141. The number of aliphatic carboxylic acids is 1. The van der Waals surface area contributed by atoms with E-state index in [-0.39, 0.29) is 36.8 Å². The quantitative estimate of drug-likeness (QED) is 0.473. The molecule has 2 atom stereocenters. The van der Waals surface area contributed by atoms with E-state index >= 15 is 0 Å². The van der Waals surface area contributed by atoms with Crippen molar-refractivity contribution < 1.29 is 29.4 Å². The second-order valence-electron chi connectivity index (χ2n) is 6.86. The van der Waals surface area contributed by atoms with Gasteiger partial charge in [0.2, 0.25) is 11.8 Å². The van der Waals surface area contributed by atoms with E-state index < -0.39 is 23.9 Å². The summed E-state index contributed by atoms with van der Waals surface area (Å²) < 4.78 is 0. The van der Waals surface area contributed by atoms with Crippen LogP contribution in [0.2, 0.25) is 0 Å². The SMILES string of the molecule is C[C@@H](NC(=O)CCC(=O)N[C@H](Cc1ccc(C(=O)O)cc1)C(=O)O)c1ccccc1. The standard InChI is InChI=1S/C22H24N2O6/c1-14(16-5-3-2-4-6-16)23-19(25)11-12-20(26)24-18(22(29)30)13-15-7-9-17(10-8-15)21(27)28/h2-10,14,18H,11-13H2,1H3,(H,23,25)(H,24,26)(H,27,28)(H,29,30)/t14-,18-/m1/s1. The van der Waals surface area contributed by atoms with Gasteiger partial charge in [-0.1, -0.05) is 42.5 Å². The molecule has 2 rings (SSSR count). The second kappa shape index (κ2) is 10.8. The van der Waals surface area contributed by atoms with Gasteiger partial charge in [-0.25, -0.2) is 9.59 Å². The van der Waals surface area contributed by atoms with Gasteiger partial charge in [0.15, 0.2) is 0 Å². The highest BCUT2D eigenvalue weighted by atomic mass is 16.4. The van der Waals surface area contributed by atoms with Crippen molar-refractivity contribution >= 4 is 23.8 Å². The van der Waals surface area contributed by atoms with Crippen LogP contribution in [-0.2, 0) is 20.8 Å². The van der Waals surface area contributed by atoms with E-state index in [1.165, 1.54) is 24.3 Å². The predicted octanol–water partition coefficient (Wildman–Crippen LogP) is 2.15. The first-order valence-corrected chi connectivity index (χ1v) is 9.45. The highest BCUT2D eigenvalue weighted by Gasteiger charge is 2.21. The Morgan fingerprint density at radius 1 is 0.833 bits per heavy atom. The highest BCUT2D eigenvalue weighted by molar-refractivity contribution is 5.88. The van der Waals surface area contributed by atoms with Crippen LogP contribution in [0.1, 0.15) is 47.3 Å². The number of amides is 2. The first-order valence-electron chi connectivity index (χ1n) is 9.45. The molecule has 0 spiro atoms. The van der Waals surface area contributed by atoms with Gasteiger partial charge in [-0.3, -0.25) is 9.59 Å². The maximum atomic E-state index is 12.1. The van der Waals surface area contributed by atoms with Crippen LogP contribution in [0.15, 0.2) is 54.6 Å². The maximum absolute atomic E-state index is 12.1. The molecule has 0 radical (unpaired) electrons. The summed E-state index contributed by atoms with van der Waals surface area (Å²) in [5.41, 5.74) is 1.60. The third-order valence-electron chi connectivity index (χ3n) is 4.53. The van der Waals surface area contributed by atoms with Crippen LogP contribution in [-0.4, -0.2) is 40.0 Å². The molecule has 4 N–H and O–H groups in total. The first kappa shape index (κ1) is 22.6. The van der Waals surface area contributed by atoms with Gasteiger partial charge in [-0.15, -0.1) is 0 Å². The van der Waals surface area contributed by atoms with Gasteiger partial charge >= 0.3 is 11.9 Å². The summed E-state index contributed by atoms with van der Waals surface area (Å²) in [6, 6.07) is 13.8. The number of nitrogens with one attached hydrogen (secondary N) is 2. The first-order chi connectivity index (χ1) is 14.3. The molecule has 8 nitrogen and oxygen atoms in total. The molecule has 2 aromatic carbocycles. The van der Waals surface area contributed by atoms with Crippen molar-refractivity contribution in [1.29, 1.82) is 0 Å². The Kier molecular flexibility index (Phi) is 8.10. The number of rotatable bonds is 10. The topological polar surface area (TPSA) is 133 Å². The maximum Gasteiger partial charge on any atom is 0.335 e. The zero-order valence-corrected chi connectivity index (χ0v) is 16.5. The van der Waals surface area contributed by atoms with E-state index in [2.05, 4.69) is 10.6 Å². The summed E-state index contributed by atoms with van der Waals surface area (Å²) in [7, 11) is 0. The normalized spacial score (nSPS) is 12.4. The van der Waals surface area contributed by atoms with E-state index in [4.69, 9.17) is 5.11 Å². The van der Waals surface area contributed by atoms with Crippen LogP contribution in [0.3, 0.4) is 0 Å². The largest absolute Gasteiger partial charge is 0.480 e. The third kappa shape index (κ3) is 7.05. The molecule has 0 fully saturated rings. The fourth-order valence-corrected chi connectivity index (χ4v) is 2.85. The van der Waals surface area contributed by atoms with Crippen LogP contribution in [0.25, 0.3) is 0 Å². The Balaban J connectivity index is 1.83. The molecule has 0 saturated carbocycles. The molecule has 0 bridgehead atoms. The number of hydrogen-bond donors (Lipinski definition) is 4. The van der Waals surface area contributed by atoms with Gasteiger partial charge in [0.1, 0.15) is 6.04 Å². The minimum Gasteiger partial charge on any atom is -0.480 e. The van der Waals surface area contributed by atoms with Crippen LogP contribution in [0, 0.1) is 0 Å². The number of carboxylic acid groups (broad SMARTS) is 2. The third-order valence-corrected chi connectivity index (χ3v) is 4.53. The van der Waals surface area contributed by atoms with E-state index in [1.54, 1.807) is 0 Å². The molecule has 0 heterocycles. The van der Waals surface area contributed by atoms with Crippen LogP contribution >= 0.6 is 0 Å². The lowest BCUT2D eigenvalue weighted by atomic mass is 10.0. The van der Waals surface area contributed by atoms with Gasteiger partial charge in [0, 0.05) is 19.3 Å². The molecular weight excluding hydrogens is 388 g/mol. The van der Waals surface area contributed by atoms with Crippen LogP contribution in [0.4, 0.5) is 0 Å². The number of carboxylic acids is 2. The molecule has 0 unspecified atom stereocenters. The monoisotopic (exact) mass is 412 g/mol. The van der Waals surface area contributed by atoms with Crippen molar-refractivity contribution in [2.45, 2.75) is 38.3 Å². The van der Waals surface area contributed by atoms with Gasteiger partial charge in [-0.2, -0.15) is 0 Å². The molecule has 30 heavy (non-hydrogen) atoms. The molecular formula is C22H24N2O6. The van der Waals surface area contributed by atoms with Gasteiger partial charge in [0.25, 0.3) is 0 Å². The van der Waals surface area contributed by atoms with Crippen molar-refractivity contribution in [2.75, 3.05) is 0 Å². The summed E-state index contributed by atoms with van der Waals surface area (Å²) in [6.45, 7) is 1.84. The molecule has 158 valence electrons. The van der Waals surface area contributed by atoms with Gasteiger partial charge in [0.05, 0.1) is 11.6 Å². The Morgan fingerprint density at radius 3 is 1.93 bits per heavy atom. The van der Waals surface area contributed by atoms with E-state index in [1.807, 2.05) is 37.3 Å².